The first-order valence-corrected chi connectivity index (χ1v) is 11.8. The zero-order valence-electron chi connectivity index (χ0n) is 20.4. The van der Waals surface area contributed by atoms with Crippen molar-refractivity contribution in [1.82, 2.24) is 28.8 Å². The Hall–Kier alpha value is -4.39. The second kappa shape index (κ2) is 7.31. The molecule has 6 rings (SSSR count). The molecule has 1 aromatic carbocycles. The van der Waals surface area contributed by atoms with Crippen LogP contribution in [-0.2, 0) is 12.5 Å². The number of carbonyl (C=O) groups is 1. The van der Waals surface area contributed by atoms with Crippen molar-refractivity contribution in [3.8, 4) is 17.6 Å². The van der Waals surface area contributed by atoms with Gasteiger partial charge in [0.15, 0.2) is 0 Å². The number of aromatic hydroxyl groups is 1. The molecule has 2 atom stereocenters. The van der Waals surface area contributed by atoms with Gasteiger partial charge in [0, 0.05) is 29.8 Å². The molecule has 1 N–H and O–H groups in total. The van der Waals surface area contributed by atoms with Gasteiger partial charge in [0.05, 0.1) is 29.7 Å². The van der Waals surface area contributed by atoms with Crippen LogP contribution in [0.4, 0.5) is 0 Å². The predicted octanol–water partition coefficient (Wildman–Crippen LogP) is 2.94. The van der Waals surface area contributed by atoms with Crippen LogP contribution < -0.4 is 5.69 Å². The van der Waals surface area contributed by atoms with E-state index in [1.165, 1.54) is 10.8 Å². The highest BCUT2D eigenvalue weighted by atomic mass is 16.3. The number of hydrogen-bond donors (Lipinski definition) is 1. The average Bonchev–Trinajstić information content (AvgIpc) is 3.60. The Morgan fingerprint density at radius 3 is 2.61 bits per heavy atom. The summed E-state index contributed by atoms with van der Waals surface area (Å²) < 4.78 is 4.43. The Morgan fingerprint density at radius 1 is 1.22 bits per heavy atom. The molecule has 182 valence electrons. The number of benzene rings is 1. The molecule has 0 spiro atoms. The molecule has 4 aromatic rings. The maximum atomic E-state index is 13.6. The summed E-state index contributed by atoms with van der Waals surface area (Å²) in [4.78, 5) is 33.1. The maximum Gasteiger partial charge on any atom is 0.336 e. The normalized spacial score (nSPS) is 18.6. The number of pyridine rings is 1. The minimum Gasteiger partial charge on any atom is -0.493 e. The first-order valence-electron chi connectivity index (χ1n) is 11.8. The summed E-state index contributed by atoms with van der Waals surface area (Å²) in [6, 6.07) is 10.4. The minimum absolute atomic E-state index is 0.177. The molecule has 5 heterocycles. The van der Waals surface area contributed by atoms with E-state index in [2.05, 4.69) is 16.2 Å². The molecule has 2 aliphatic rings. The van der Waals surface area contributed by atoms with Crippen LogP contribution in [0.15, 0.2) is 41.3 Å². The Bertz CT molecular complexity index is 1680. The highest BCUT2D eigenvalue weighted by Gasteiger charge is 2.50. The fraction of sp³-hybridized carbons (Fsp3) is 0.346. The van der Waals surface area contributed by atoms with Crippen LogP contribution in [0.5, 0.6) is 5.88 Å². The quantitative estimate of drug-likeness (QED) is 0.468. The molecule has 10 heteroatoms. The molecule has 0 saturated carbocycles. The number of fused-ring (bicyclic) bond motifs is 6. The Morgan fingerprint density at radius 2 is 1.94 bits per heavy atom. The summed E-state index contributed by atoms with van der Waals surface area (Å²) in [5, 5.41) is 26.5. The third kappa shape index (κ3) is 2.89. The monoisotopic (exact) mass is 483 g/mol. The number of imidazole rings is 1. The third-order valence-electron chi connectivity index (χ3n) is 7.31. The highest BCUT2D eigenvalue weighted by molar-refractivity contribution is 5.94. The molecule has 0 aliphatic carbocycles. The molecule has 2 bridgehead atoms. The first-order chi connectivity index (χ1) is 17.1. The lowest BCUT2D eigenvalue weighted by atomic mass is 9.92. The summed E-state index contributed by atoms with van der Waals surface area (Å²) in [7, 11) is 1.75. The summed E-state index contributed by atoms with van der Waals surface area (Å²) in [6.07, 6.45) is 2.01. The zero-order valence-corrected chi connectivity index (χ0v) is 20.4. The van der Waals surface area contributed by atoms with Crippen LogP contribution >= 0.6 is 0 Å². The summed E-state index contributed by atoms with van der Waals surface area (Å²) in [5.74, 6) is -0.383. The van der Waals surface area contributed by atoms with Gasteiger partial charge in [0.25, 0.3) is 5.91 Å². The van der Waals surface area contributed by atoms with Crippen LogP contribution in [-0.4, -0.2) is 46.4 Å². The third-order valence-corrected chi connectivity index (χ3v) is 7.31. The van der Waals surface area contributed by atoms with Crippen molar-refractivity contribution in [2.75, 3.05) is 6.54 Å². The Balaban J connectivity index is 1.44. The molecule has 0 radical (unpaired) electrons. The van der Waals surface area contributed by atoms with Gasteiger partial charge in [-0.25, -0.2) is 14.3 Å². The van der Waals surface area contributed by atoms with Crippen LogP contribution in [0.1, 0.15) is 66.8 Å². The lowest BCUT2D eigenvalue weighted by Gasteiger charge is -2.27. The standard InChI is InChI=1S/C26H25N7O3/c1-26(2,3)21-10-19(30(4)29-21)23(34)31-13-14-9-18(31)22-24(35)33(25(36)32(14)22)20-12-28-17(11-27)15-7-5-6-8-16(15)20/h5-8,10,12,14,18,35H,9,13H2,1-4H3/t14-,18-/m0/s1. The summed E-state index contributed by atoms with van der Waals surface area (Å²) >= 11 is 0. The van der Waals surface area contributed by atoms with E-state index < -0.39 is 6.04 Å². The van der Waals surface area contributed by atoms with E-state index in [-0.39, 0.29) is 34.6 Å². The number of carbonyl (C=O) groups excluding carboxylic acids is 1. The van der Waals surface area contributed by atoms with Crippen molar-refractivity contribution in [3.63, 3.8) is 0 Å². The van der Waals surface area contributed by atoms with E-state index in [0.717, 1.165) is 5.69 Å². The molecule has 3 aromatic heterocycles. The van der Waals surface area contributed by atoms with Gasteiger partial charge in [-0.1, -0.05) is 45.0 Å². The number of rotatable bonds is 2. The Labute approximate surface area is 206 Å². The van der Waals surface area contributed by atoms with E-state index in [9.17, 15) is 20.0 Å². The number of amides is 1. The number of likely N-dealkylation sites (tertiary alicyclic amines) is 1. The number of nitriles is 1. The van der Waals surface area contributed by atoms with Gasteiger partial charge < -0.3 is 10.0 Å². The number of aromatic nitrogens is 5. The van der Waals surface area contributed by atoms with Gasteiger partial charge in [0.1, 0.15) is 23.2 Å². The summed E-state index contributed by atoms with van der Waals surface area (Å²) in [6.45, 7) is 6.51. The molecule has 1 fully saturated rings. The molecule has 36 heavy (non-hydrogen) atoms. The van der Waals surface area contributed by atoms with Crippen molar-refractivity contribution >= 4 is 16.7 Å². The van der Waals surface area contributed by atoms with Crippen LogP contribution in [0.2, 0.25) is 0 Å². The number of nitrogens with zero attached hydrogens (tertiary/aromatic N) is 7. The lowest BCUT2D eigenvalue weighted by Crippen LogP contribution is -2.38. The summed E-state index contributed by atoms with van der Waals surface area (Å²) in [5.41, 5.74) is 1.79. The van der Waals surface area contributed by atoms with Crippen molar-refractivity contribution < 1.29 is 9.90 Å². The van der Waals surface area contributed by atoms with Crippen LogP contribution in [0.3, 0.4) is 0 Å². The fourth-order valence-electron chi connectivity index (χ4n) is 5.51. The van der Waals surface area contributed by atoms with E-state index in [1.54, 1.807) is 39.4 Å². The minimum atomic E-state index is -0.429. The van der Waals surface area contributed by atoms with Gasteiger partial charge in [-0.15, -0.1) is 0 Å². The van der Waals surface area contributed by atoms with Crippen molar-refractivity contribution in [2.45, 2.75) is 44.7 Å². The van der Waals surface area contributed by atoms with Gasteiger partial charge in [0.2, 0.25) is 5.88 Å². The Kier molecular flexibility index (Phi) is 4.48. The predicted molar refractivity (Wildman–Crippen MR) is 131 cm³/mol. The van der Waals surface area contributed by atoms with Gasteiger partial charge in [-0.05, 0) is 12.5 Å². The van der Waals surface area contributed by atoms with Gasteiger partial charge >= 0.3 is 5.69 Å². The van der Waals surface area contributed by atoms with E-state index >= 15 is 0 Å². The molecule has 2 aliphatic heterocycles. The lowest BCUT2D eigenvalue weighted by molar-refractivity contribution is 0.0700. The highest BCUT2D eigenvalue weighted by Crippen LogP contribution is 2.49. The fourth-order valence-corrected chi connectivity index (χ4v) is 5.51. The van der Waals surface area contributed by atoms with Gasteiger partial charge in [-0.2, -0.15) is 10.4 Å². The maximum absolute atomic E-state index is 13.6. The van der Waals surface area contributed by atoms with Crippen molar-refractivity contribution in [3.05, 3.63) is 69.8 Å². The second-order valence-electron chi connectivity index (χ2n) is 10.5. The van der Waals surface area contributed by atoms with Crippen molar-refractivity contribution in [1.29, 1.82) is 5.26 Å². The van der Waals surface area contributed by atoms with Crippen LogP contribution in [0.25, 0.3) is 16.5 Å². The van der Waals surface area contributed by atoms with Crippen LogP contribution in [0, 0.1) is 11.3 Å². The van der Waals surface area contributed by atoms with E-state index in [0.29, 0.717) is 40.8 Å². The average molecular weight is 484 g/mol. The van der Waals surface area contributed by atoms with Crippen molar-refractivity contribution in [2.24, 2.45) is 7.05 Å². The largest absolute Gasteiger partial charge is 0.493 e. The zero-order chi connectivity index (χ0) is 25.5. The molecular formula is C26H25N7O3. The van der Waals surface area contributed by atoms with E-state index in [1.807, 2.05) is 32.9 Å². The topological polar surface area (TPSA) is 122 Å². The SMILES string of the molecule is Cn1nc(C(C)(C)C)cc1C(=O)N1C[C@@H]2C[C@H]1c1c(O)n(-c3cnc(C#N)c4ccccc34)c(=O)n12. The molecular weight excluding hydrogens is 458 g/mol. The number of aryl methyl sites for hydroxylation is 1. The molecule has 0 unspecified atom stereocenters. The smallest absolute Gasteiger partial charge is 0.336 e. The number of hydrogen-bond acceptors (Lipinski definition) is 6. The molecule has 1 amide bonds. The first kappa shape index (κ1) is 22.1. The molecule has 1 saturated heterocycles. The molecule has 10 nitrogen and oxygen atoms in total. The van der Waals surface area contributed by atoms with Gasteiger partial charge in [-0.3, -0.25) is 14.0 Å². The van der Waals surface area contributed by atoms with E-state index in [4.69, 9.17) is 0 Å². The second-order valence-corrected chi connectivity index (χ2v) is 10.5.